The number of nitrogens with one attached hydrogen (secondary N) is 1. The summed E-state index contributed by atoms with van der Waals surface area (Å²) in [4.78, 5) is 0. The summed E-state index contributed by atoms with van der Waals surface area (Å²) in [6.07, 6.45) is 12.3. The number of rotatable bonds is 4. The predicted molar refractivity (Wildman–Crippen MR) is 64.0 cm³/mol. The third kappa shape index (κ3) is 2.49. The molecule has 0 amide bonds. The fraction of sp³-hybridized carbons (Fsp3) is 0.714. The third-order valence-electron chi connectivity index (χ3n) is 4.18. The van der Waals surface area contributed by atoms with E-state index in [0.717, 1.165) is 24.4 Å². The molecule has 0 bridgehead atoms. The Kier molecular flexibility index (Phi) is 3.00. The van der Waals surface area contributed by atoms with Gasteiger partial charge in [-0.25, -0.2) is 0 Å². The van der Waals surface area contributed by atoms with Crippen molar-refractivity contribution in [2.45, 2.75) is 51.1 Å². The third-order valence-corrected chi connectivity index (χ3v) is 4.18. The summed E-state index contributed by atoms with van der Waals surface area (Å²) in [6, 6.07) is 2.79. The summed E-state index contributed by atoms with van der Waals surface area (Å²) in [6.45, 7) is 0.971. The van der Waals surface area contributed by atoms with E-state index < -0.39 is 0 Å². The van der Waals surface area contributed by atoms with Crippen LogP contribution in [0.25, 0.3) is 0 Å². The zero-order valence-electron chi connectivity index (χ0n) is 9.82. The van der Waals surface area contributed by atoms with Crippen LogP contribution in [-0.4, -0.2) is 6.04 Å². The van der Waals surface area contributed by atoms with Crippen LogP contribution in [0.3, 0.4) is 0 Å². The van der Waals surface area contributed by atoms with E-state index in [1.807, 2.05) is 12.3 Å². The van der Waals surface area contributed by atoms with E-state index >= 15 is 0 Å². The lowest BCUT2D eigenvalue weighted by Crippen LogP contribution is -2.34. The summed E-state index contributed by atoms with van der Waals surface area (Å²) in [5.74, 6) is 2.11. The van der Waals surface area contributed by atoms with Gasteiger partial charge in [0.1, 0.15) is 0 Å². The minimum atomic E-state index is 0.745. The van der Waals surface area contributed by atoms with Gasteiger partial charge in [-0.2, -0.15) is 0 Å². The van der Waals surface area contributed by atoms with Gasteiger partial charge >= 0.3 is 0 Å². The maximum atomic E-state index is 5.08. The first-order valence-corrected chi connectivity index (χ1v) is 6.66. The van der Waals surface area contributed by atoms with Crippen molar-refractivity contribution < 1.29 is 4.42 Å². The van der Waals surface area contributed by atoms with Gasteiger partial charge in [0, 0.05) is 18.2 Å². The molecule has 1 heterocycles. The van der Waals surface area contributed by atoms with Crippen LogP contribution >= 0.6 is 0 Å². The molecule has 88 valence electrons. The van der Waals surface area contributed by atoms with Crippen molar-refractivity contribution in [2.75, 3.05) is 0 Å². The first-order valence-electron chi connectivity index (χ1n) is 6.66. The van der Waals surface area contributed by atoms with Crippen molar-refractivity contribution in [2.24, 2.45) is 11.8 Å². The average Bonchev–Trinajstić information content (AvgIpc) is 3.05. The van der Waals surface area contributed by atoms with E-state index in [4.69, 9.17) is 4.42 Å². The zero-order chi connectivity index (χ0) is 10.8. The summed E-state index contributed by atoms with van der Waals surface area (Å²) < 4.78 is 5.08. The monoisotopic (exact) mass is 219 g/mol. The molecule has 3 rings (SSSR count). The molecular formula is C14H21NO. The highest BCUT2D eigenvalue weighted by Crippen LogP contribution is 2.43. The van der Waals surface area contributed by atoms with Gasteiger partial charge < -0.3 is 9.73 Å². The molecule has 2 heteroatoms. The number of hydrogen-bond acceptors (Lipinski definition) is 2. The van der Waals surface area contributed by atoms with Gasteiger partial charge in [-0.05, 0) is 43.6 Å². The predicted octanol–water partition coefficient (Wildman–Crippen LogP) is 3.34. The smallest absolute Gasteiger partial charge is 0.0947 e. The Hall–Kier alpha value is -0.760. The van der Waals surface area contributed by atoms with Crippen molar-refractivity contribution in [1.29, 1.82) is 0 Å². The van der Waals surface area contributed by atoms with Crippen LogP contribution in [0.4, 0.5) is 0 Å². The molecule has 2 fully saturated rings. The molecule has 2 atom stereocenters. The van der Waals surface area contributed by atoms with Crippen molar-refractivity contribution in [3.63, 3.8) is 0 Å². The Balaban J connectivity index is 1.47. The molecule has 0 radical (unpaired) electrons. The Bertz CT molecular complexity index is 315. The normalized spacial score (nSPS) is 30.5. The maximum absolute atomic E-state index is 5.08. The fourth-order valence-corrected chi connectivity index (χ4v) is 3.06. The lowest BCUT2D eigenvalue weighted by Gasteiger charge is -2.29. The average molecular weight is 219 g/mol. The molecule has 1 aromatic heterocycles. The van der Waals surface area contributed by atoms with Crippen molar-refractivity contribution in [3.05, 3.63) is 24.2 Å². The molecule has 2 saturated carbocycles. The molecule has 2 nitrogen and oxygen atoms in total. The van der Waals surface area contributed by atoms with E-state index in [1.165, 1.54) is 44.1 Å². The van der Waals surface area contributed by atoms with Crippen LogP contribution in [0, 0.1) is 11.8 Å². The minimum absolute atomic E-state index is 0.745. The molecule has 0 saturated heterocycles. The number of hydrogen-bond donors (Lipinski definition) is 1. The van der Waals surface area contributed by atoms with Gasteiger partial charge in [-0.15, -0.1) is 0 Å². The van der Waals surface area contributed by atoms with Crippen LogP contribution in [0.2, 0.25) is 0 Å². The SMILES string of the molecule is c1cc(CNC2CCCC(C3CC3)C2)co1. The second-order valence-electron chi connectivity index (χ2n) is 5.47. The summed E-state index contributed by atoms with van der Waals surface area (Å²) in [5, 5.41) is 3.68. The van der Waals surface area contributed by atoms with Gasteiger partial charge in [-0.1, -0.05) is 12.8 Å². The Morgan fingerprint density at radius 3 is 2.88 bits per heavy atom. The van der Waals surface area contributed by atoms with E-state index in [1.54, 1.807) is 6.26 Å². The van der Waals surface area contributed by atoms with Crippen molar-refractivity contribution >= 4 is 0 Å². The molecule has 2 unspecified atom stereocenters. The van der Waals surface area contributed by atoms with Gasteiger partial charge in [0.15, 0.2) is 0 Å². The molecule has 1 aromatic rings. The van der Waals surface area contributed by atoms with E-state index in [-0.39, 0.29) is 0 Å². The molecule has 2 aliphatic carbocycles. The lowest BCUT2D eigenvalue weighted by molar-refractivity contribution is 0.260. The first kappa shape index (κ1) is 10.4. The molecular weight excluding hydrogens is 198 g/mol. The number of furan rings is 1. The minimum Gasteiger partial charge on any atom is -0.472 e. The van der Waals surface area contributed by atoms with Crippen molar-refractivity contribution in [3.8, 4) is 0 Å². The van der Waals surface area contributed by atoms with Crippen LogP contribution in [0.1, 0.15) is 44.1 Å². The topological polar surface area (TPSA) is 25.2 Å². The molecule has 0 aromatic carbocycles. The van der Waals surface area contributed by atoms with Gasteiger partial charge in [0.25, 0.3) is 0 Å². The second-order valence-corrected chi connectivity index (χ2v) is 5.47. The lowest BCUT2D eigenvalue weighted by atomic mass is 9.82. The molecule has 0 aliphatic heterocycles. The highest BCUT2D eigenvalue weighted by molar-refractivity contribution is 5.05. The van der Waals surface area contributed by atoms with Gasteiger partial charge in [-0.3, -0.25) is 0 Å². The summed E-state index contributed by atoms with van der Waals surface area (Å²) in [5.41, 5.74) is 1.27. The first-order chi connectivity index (χ1) is 7.92. The van der Waals surface area contributed by atoms with Crippen LogP contribution in [0.5, 0.6) is 0 Å². The van der Waals surface area contributed by atoms with E-state index in [2.05, 4.69) is 5.32 Å². The Morgan fingerprint density at radius 2 is 2.12 bits per heavy atom. The molecule has 2 aliphatic rings. The Labute approximate surface area is 97.4 Å². The molecule has 0 spiro atoms. The van der Waals surface area contributed by atoms with Crippen LogP contribution in [0.15, 0.2) is 23.0 Å². The zero-order valence-corrected chi connectivity index (χ0v) is 9.82. The van der Waals surface area contributed by atoms with E-state index in [9.17, 15) is 0 Å². The summed E-state index contributed by atoms with van der Waals surface area (Å²) in [7, 11) is 0. The van der Waals surface area contributed by atoms with Crippen LogP contribution in [-0.2, 0) is 6.54 Å². The van der Waals surface area contributed by atoms with E-state index in [0.29, 0.717) is 0 Å². The molecule has 16 heavy (non-hydrogen) atoms. The largest absolute Gasteiger partial charge is 0.472 e. The standard InChI is InChI=1S/C14H21NO/c1-2-13(12-4-5-12)8-14(3-1)15-9-11-6-7-16-10-11/h6-7,10,12-15H,1-5,8-9H2. The summed E-state index contributed by atoms with van der Waals surface area (Å²) >= 11 is 0. The Morgan fingerprint density at radius 1 is 1.19 bits per heavy atom. The van der Waals surface area contributed by atoms with Gasteiger partial charge in [0.2, 0.25) is 0 Å². The van der Waals surface area contributed by atoms with Crippen molar-refractivity contribution in [1.82, 2.24) is 5.32 Å². The second kappa shape index (κ2) is 4.62. The van der Waals surface area contributed by atoms with Gasteiger partial charge in [0.05, 0.1) is 12.5 Å². The maximum Gasteiger partial charge on any atom is 0.0947 e. The fourth-order valence-electron chi connectivity index (χ4n) is 3.06. The van der Waals surface area contributed by atoms with Crippen LogP contribution < -0.4 is 5.32 Å². The molecule has 1 N–H and O–H groups in total. The quantitative estimate of drug-likeness (QED) is 0.840. The highest BCUT2D eigenvalue weighted by atomic mass is 16.3. The highest BCUT2D eigenvalue weighted by Gasteiger charge is 2.34.